The summed E-state index contributed by atoms with van der Waals surface area (Å²) in [5.41, 5.74) is 7.23. The van der Waals surface area contributed by atoms with Crippen LogP contribution in [0.5, 0.6) is 0 Å². The topological polar surface area (TPSA) is 38.4 Å². The minimum absolute atomic E-state index is 0.0278. The summed E-state index contributed by atoms with van der Waals surface area (Å²) in [6, 6.07) is 0. The van der Waals surface area contributed by atoms with Gasteiger partial charge in [0.1, 0.15) is 0 Å². The first-order chi connectivity index (χ1) is 11.3. The molecular weight excluding hydrogens is 292 g/mol. The van der Waals surface area contributed by atoms with Gasteiger partial charge in [-0.1, -0.05) is 65.0 Å². The number of hydrogen-bond acceptors (Lipinski definition) is 2. The third-order valence-corrected chi connectivity index (χ3v) is 5.83. The Morgan fingerprint density at radius 1 is 1.12 bits per heavy atom. The van der Waals surface area contributed by atoms with E-state index in [0.29, 0.717) is 11.8 Å². The third kappa shape index (κ3) is 4.57. The van der Waals surface area contributed by atoms with Gasteiger partial charge in [0, 0.05) is 11.6 Å². The van der Waals surface area contributed by atoms with Gasteiger partial charge in [-0.05, 0) is 55.7 Å². The second-order valence-corrected chi connectivity index (χ2v) is 7.96. The van der Waals surface area contributed by atoms with Gasteiger partial charge < -0.3 is 5.73 Å². The third-order valence-electron chi connectivity index (χ3n) is 5.83. The molecule has 2 unspecified atom stereocenters. The van der Waals surface area contributed by atoms with Crippen LogP contribution in [0.3, 0.4) is 0 Å². The molecule has 0 aromatic rings. The van der Waals surface area contributed by atoms with E-state index in [4.69, 9.17) is 4.99 Å². The summed E-state index contributed by atoms with van der Waals surface area (Å²) in [5.74, 6) is 1.11. The van der Waals surface area contributed by atoms with Crippen LogP contribution in [-0.2, 0) is 0 Å². The van der Waals surface area contributed by atoms with Gasteiger partial charge >= 0.3 is 0 Å². The average molecular weight is 329 g/mol. The number of rotatable bonds is 4. The molecule has 0 aliphatic heterocycles. The lowest BCUT2D eigenvalue weighted by atomic mass is 9.58. The molecule has 0 saturated carbocycles. The van der Waals surface area contributed by atoms with Crippen molar-refractivity contribution in [2.45, 2.75) is 54.4 Å². The Hall–Kier alpha value is -1.41. The van der Waals surface area contributed by atoms with E-state index in [1.807, 2.05) is 0 Å². The van der Waals surface area contributed by atoms with Crippen molar-refractivity contribution in [3.8, 4) is 0 Å². The van der Waals surface area contributed by atoms with E-state index < -0.39 is 0 Å². The Bertz CT molecular complexity index is 557. The lowest BCUT2D eigenvalue weighted by Gasteiger charge is -2.46. The zero-order chi connectivity index (χ0) is 18.4. The molecule has 0 aromatic carbocycles. The number of aliphatic imine (C=N–C) groups is 1. The zero-order valence-corrected chi connectivity index (χ0v) is 16.6. The highest BCUT2D eigenvalue weighted by Crippen LogP contribution is 2.48. The Labute approximate surface area is 149 Å². The van der Waals surface area contributed by atoms with Crippen molar-refractivity contribution >= 4 is 6.21 Å². The molecule has 2 rings (SSSR count). The Morgan fingerprint density at radius 2 is 1.75 bits per heavy atom. The van der Waals surface area contributed by atoms with Gasteiger partial charge in [0.05, 0.1) is 5.70 Å². The molecule has 0 saturated heterocycles. The number of hydrogen-bond donors (Lipinski definition) is 1. The van der Waals surface area contributed by atoms with Crippen molar-refractivity contribution in [3.05, 3.63) is 47.7 Å². The van der Waals surface area contributed by atoms with Crippen LogP contribution in [0.2, 0.25) is 0 Å². The van der Waals surface area contributed by atoms with Crippen molar-refractivity contribution in [2.75, 3.05) is 7.05 Å². The molecule has 0 spiro atoms. The van der Waals surface area contributed by atoms with Gasteiger partial charge in [0.25, 0.3) is 0 Å². The molecule has 134 valence electrons. The summed E-state index contributed by atoms with van der Waals surface area (Å²) >= 11 is 0. The predicted octanol–water partition coefficient (Wildman–Crippen LogP) is 5.69. The van der Waals surface area contributed by atoms with Crippen LogP contribution in [0.15, 0.2) is 52.7 Å². The second-order valence-electron chi connectivity index (χ2n) is 7.96. The van der Waals surface area contributed by atoms with E-state index in [1.54, 1.807) is 0 Å². The summed E-state index contributed by atoms with van der Waals surface area (Å²) in [5, 5.41) is 0. The van der Waals surface area contributed by atoms with Crippen LogP contribution in [0.1, 0.15) is 54.4 Å². The van der Waals surface area contributed by atoms with Gasteiger partial charge in [-0.3, -0.25) is 4.99 Å². The first-order valence-corrected chi connectivity index (χ1v) is 9.10. The molecular formula is C22H36N2. The quantitative estimate of drug-likeness (QED) is 0.662. The van der Waals surface area contributed by atoms with Crippen LogP contribution in [0.25, 0.3) is 0 Å². The second kappa shape index (κ2) is 8.62. The summed E-state index contributed by atoms with van der Waals surface area (Å²) in [7, 11) is 1.50. The monoisotopic (exact) mass is 328 g/mol. The fraction of sp³-hybridized carbons (Fsp3) is 0.591. The van der Waals surface area contributed by atoms with Gasteiger partial charge in [-0.2, -0.15) is 0 Å². The van der Waals surface area contributed by atoms with Crippen molar-refractivity contribution in [1.29, 1.82) is 0 Å². The lowest BCUT2D eigenvalue weighted by molar-refractivity contribution is 0.104. The van der Waals surface area contributed by atoms with Crippen molar-refractivity contribution in [2.24, 2.45) is 33.4 Å². The standard InChI is InChI=1S/C21H31N.CH5N/c1-16-11-7-9-13-18(16)21(5,6)20(3,4)15-22-19-14-10-8-12-17(19)2;1-2/h7,9-11,13-16,18H,8,12H2,1-6H3;2H2,1H3. The van der Waals surface area contributed by atoms with E-state index in [0.717, 1.165) is 18.5 Å². The molecule has 0 amide bonds. The maximum absolute atomic E-state index is 4.85. The van der Waals surface area contributed by atoms with Crippen LogP contribution >= 0.6 is 0 Å². The number of allylic oxidation sites excluding steroid dienone is 7. The van der Waals surface area contributed by atoms with E-state index >= 15 is 0 Å². The van der Waals surface area contributed by atoms with E-state index in [2.05, 4.69) is 89.9 Å². The zero-order valence-electron chi connectivity index (χ0n) is 16.6. The van der Waals surface area contributed by atoms with E-state index in [9.17, 15) is 0 Å². The number of nitrogens with zero attached hydrogens (tertiary/aromatic N) is 1. The fourth-order valence-corrected chi connectivity index (χ4v) is 3.36. The van der Waals surface area contributed by atoms with Crippen LogP contribution in [0, 0.1) is 22.7 Å². The summed E-state index contributed by atoms with van der Waals surface area (Å²) in [6.07, 6.45) is 17.9. The van der Waals surface area contributed by atoms with Gasteiger partial charge in [0.2, 0.25) is 0 Å². The fourth-order valence-electron chi connectivity index (χ4n) is 3.36. The van der Waals surface area contributed by atoms with Crippen molar-refractivity contribution < 1.29 is 0 Å². The largest absolute Gasteiger partial charge is 0.333 e. The SMILES string of the molecule is CC1=C(N=CC(C)(C)C(C)(C)C2C=CC=CC2C)C=CCC1.CN. The molecule has 0 fully saturated rings. The van der Waals surface area contributed by atoms with Crippen LogP contribution in [-0.4, -0.2) is 13.3 Å². The molecule has 24 heavy (non-hydrogen) atoms. The first-order valence-electron chi connectivity index (χ1n) is 9.10. The predicted molar refractivity (Wildman–Crippen MR) is 108 cm³/mol. The smallest absolute Gasteiger partial charge is 0.0612 e. The summed E-state index contributed by atoms with van der Waals surface area (Å²) in [4.78, 5) is 4.85. The minimum Gasteiger partial charge on any atom is -0.333 e. The van der Waals surface area contributed by atoms with Gasteiger partial charge in [-0.15, -0.1) is 0 Å². The first kappa shape index (κ1) is 20.6. The normalized spacial score (nSPS) is 24.3. The minimum atomic E-state index is 0.0278. The molecule has 2 aliphatic carbocycles. The molecule has 0 radical (unpaired) electrons. The molecule has 2 nitrogen and oxygen atoms in total. The molecule has 2 N–H and O–H groups in total. The molecule has 2 atom stereocenters. The maximum Gasteiger partial charge on any atom is 0.0612 e. The molecule has 2 heteroatoms. The Kier molecular flexibility index (Phi) is 7.41. The summed E-state index contributed by atoms with van der Waals surface area (Å²) in [6.45, 7) is 13.9. The highest BCUT2D eigenvalue weighted by Gasteiger charge is 2.43. The molecule has 0 heterocycles. The van der Waals surface area contributed by atoms with Gasteiger partial charge in [-0.25, -0.2) is 0 Å². The Morgan fingerprint density at radius 3 is 2.33 bits per heavy atom. The highest BCUT2D eigenvalue weighted by molar-refractivity contribution is 5.68. The van der Waals surface area contributed by atoms with Crippen molar-refractivity contribution in [3.63, 3.8) is 0 Å². The molecule has 2 aliphatic rings. The van der Waals surface area contributed by atoms with E-state index in [1.165, 1.54) is 12.6 Å². The van der Waals surface area contributed by atoms with Crippen molar-refractivity contribution in [1.82, 2.24) is 0 Å². The molecule has 0 aromatic heterocycles. The maximum atomic E-state index is 4.85. The summed E-state index contributed by atoms with van der Waals surface area (Å²) < 4.78 is 0. The number of nitrogens with two attached hydrogens (primary N) is 1. The highest BCUT2D eigenvalue weighted by atomic mass is 14.8. The average Bonchev–Trinajstić information content (AvgIpc) is 2.56. The van der Waals surface area contributed by atoms with E-state index in [-0.39, 0.29) is 10.8 Å². The lowest BCUT2D eigenvalue weighted by Crippen LogP contribution is -2.42. The van der Waals surface area contributed by atoms with Gasteiger partial charge in [0.15, 0.2) is 0 Å². The van der Waals surface area contributed by atoms with Crippen LogP contribution < -0.4 is 5.73 Å². The molecule has 0 bridgehead atoms. The Balaban J connectivity index is 0.00000139. The van der Waals surface area contributed by atoms with Crippen LogP contribution in [0.4, 0.5) is 0 Å².